The molecule has 5 rings (SSSR count). The lowest BCUT2D eigenvalue weighted by atomic mass is 9.46. The third-order valence-corrected chi connectivity index (χ3v) is 10.6. The van der Waals surface area contributed by atoms with E-state index >= 15 is 0 Å². The highest BCUT2D eigenvalue weighted by molar-refractivity contribution is 6.05. The lowest BCUT2D eigenvalue weighted by Crippen LogP contribution is -2.63. The highest BCUT2D eigenvalue weighted by Crippen LogP contribution is 2.66. The first-order valence-corrected chi connectivity index (χ1v) is 14.2. The van der Waals surface area contributed by atoms with Crippen LogP contribution in [0.4, 0.5) is 0 Å². The van der Waals surface area contributed by atoms with E-state index in [4.69, 9.17) is 4.74 Å². The zero-order chi connectivity index (χ0) is 26.8. The molecule has 6 heteroatoms. The number of nitrogens with zero attached hydrogens (tertiary/aromatic N) is 1. The fraction of sp³-hybridized carbons (Fsp3) is 0.710. The number of hydrogen-bond acceptors (Lipinski definition) is 4. The number of amides is 3. The van der Waals surface area contributed by atoms with E-state index in [-0.39, 0.29) is 46.1 Å². The van der Waals surface area contributed by atoms with Gasteiger partial charge in [0.2, 0.25) is 11.8 Å². The van der Waals surface area contributed by atoms with Gasteiger partial charge in [0.15, 0.2) is 0 Å². The molecule has 1 heterocycles. The molecule has 3 amide bonds. The molecular weight excluding hydrogens is 464 g/mol. The Morgan fingerprint density at radius 3 is 2.27 bits per heavy atom. The monoisotopic (exact) mass is 508 g/mol. The van der Waals surface area contributed by atoms with Crippen molar-refractivity contribution in [3.63, 3.8) is 0 Å². The first-order valence-electron chi connectivity index (χ1n) is 14.2. The van der Waals surface area contributed by atoms with Crippen LogP contribution >= 0.6 is 0 Å². The van der Waals surface area contributed by atoms with Gasteiger partial charge in [-0.25, -0.2) is 0 Å². The molecule has 4 aliphatic rings. The van der Waals surface area contributed by atoms with Gasteiger partial charge in [-0.3, -0.25) is 19.3 Å². The molecule has 4 fully saturated rings. The van der Waals surface area contributed by atoms with Gasteiger partial charge >= 0.3 is 0 Å². The van der Waals surface area contributed by atoms with Crippen molar-refractivity contribution in [2.45, 2.75) is 97.6 Å². The minimum Gasteiger partial charge on any atom is -0.497 e. The molecule has 1 aliphatic heterocycles. The Morgan fingerprint density at radius 2 is 1.62 bits per heavy atom. The molecule has 1 aromatic carbocycles. The minimum atomic E-state index is -0.219. The lowest BCUT2D eigenvalue weighted by Gasteiger charge is -2.61. The highest BCUT2D eigenvalue weighted by Gasteiger charge is 2.63. The van der Waals surface area contributed by atoms with Crippen LogP contribution in [-0.2, 0) is 9.59 Å². The van der Waals surface area contributed by atoms with Gasteiger partial charge in [0.25, 0.3) is 5.91 Å². The van der Waals surface area contributed by atoms with Crippen molar-refractivity contribution >= 4 is 17.7 Å². The number of ether oxygens (including phenoxy) is 1. The van der Waals surface area contributed by atoms with Gasteiger partial charge in [-0.15, -0.1) is 0 Å². The zero-order valence-corrected chi connectivity index (χ0v) is 23.4. The van der Waals surface area contributed by atoms with Gasteiger partial charge in [0, 0.05) is 29.5 Å². The Morgan fingerprint density at radius 1 is 0.946 bits per heavy atom. The Labute approximate surface area is 221 Å². The maximum absolute atomic E-state index is 13.7. The third kappa shape index (κ3) is 4.28. The van der Waals surface area contributed by atoms with Gasteiger partial charge in [0.1, 0.15) is 5.75 Å². The van der Waals surface area contributed by atoms with E-state index in [1.807, 2.05) is 0 Å². The van der Waals surface area contributed by atoms with Crippen molar-refractivity contribution in [1.82, 2.24) is 10.2 Å². The molecule has 3 saturated carbocycles. The average molecular weight is 509 g/mol. The number of nitrogens with one attached hydrogen (secondary N) is 1. The van der Waals surface area contributed by atoms with Gasteiger partial charge in [-0.1, -0.05) is 13.8 Å². The standard InChI is InChI=1S/C31H44N2O4/c1-29(2,3)32-27(35)24-13-12-22-21-11-14-25-31(5,23(21)15-17-30(22,24)4)18-16-26(34)33(25)28(36)19-7-9-20(37-6)10-8-19/h7-10,21-25H,11-18H2,1-6H3,(H,32,35)/t21-,22-,23-,24+,25+,30-,31+/m0/s1. The van der Waals surface area contributed by atoms with Crippen molar-refractivity contribution in [2.24, 2.45) is 34.5 Å². The molecule has 0 bridgehead atoms. The maximum atomic E-state index is 13.7. The van der Waals surface area contributed by atoms with Crippen molar-refractivity contribution in [1.29, 1.82) is 0 Å². The summed E-state index contributed by atoms with van der Waals surface area (Å²) >= 11 is 0. The number of imide groups is 1. The molecule has 0 radical (unpaired) electrons. The summed E-state index contributed by atoms with van der Waals surface area (Å²) < 4.78 is 5.25. The molecule has 0 spiro atoms. The summed E-state index contributed by atoms with van der Waals surface area (Å²) in [6.45, 7) is 10.9. The Hall–Kier alpha value is -2.37. The number of piperidine rings is 1. The minimum absolute atomic E-state index is 0.0305. The van der Waals surface area contributed by atoms with E-state index in [1.165, 1.54) is 0 Å². The summed E-state index contributed by atoms with van der Waals surface area (Å²) in [6, 6.07) is 7.03. The largest absolute Gasteiger partial charge is 0.497 e. The van der Waals surface area contributed by atoms with E-state index in [0.29, 0.717) is 35.5 Å². The highest BCUT2D eigenvalue weighted by atomic mass is 16.5. The topological polar surface area (TPSA) is 75.7 Å². The fourth-order valence-electron chi connectivity index (χ4n) is 8.90. The summed E-state index contributed by atoms with van der Waals surface area (Å²) in [5.74, 6) is 2.34. The Balaban J connectivity index is 1.39. The quantitative estimate of drug-likeness (QED) is 0.539. The molecule has 0 aromatic heterocycles. The molecule has 1 saturated heterocycles. The predicted octanol–water partition coefficient (Wildman–Crippen LogP) is 5.60. The second-order valence-corrected chi connectivity index (χ2v) is 13.7. The molecule has 202 valence electrons. The van der Waals surface area contributed by atoms with Crippen LogP contribution in [0.5, 0.6) is 5.75 Å². The molecule has 1 aromatic rings. The molecule has 7 atom stereocenters. The fourth-order valence-corrected chi connectivity index (χ4v) is 8.90. The van der Waals surface area contributed by atoms with Crippen LogP contribution in [0, 0.1) is 34.5 Å². The van der Waals surface area contributed by atoms with E-state index < -0.39 is 0 Å². The summed E-state index contributed by atoms with van der Waals surface area (Å²) in [4.78, 5) is 41.8. The number of rotatable bonds is 3. The average Bonchev–Trinajstić information content (AvgIpc) is 3.20. The van der Waals surface area contributed by atoms with Gasteiger partial charge in [0.05, 0.1) is 7.11 Å². The van der Waals surface area contributed by atoms with Crippen molar-refractivity contribution in [3.05, 3.63) is 29.8 Å². The van der Waals surface area contributed by atoms with Crippen molar-refractivity contribution in [2.75, 3.05) is 7.11 Å². The molecular formula is C31H44N2O4. The zero-order valence-electron chi connectivity index (χ0n) is 23.4. The van der Waals surface area contributed by atoms with Crippen LogP contribution in [-0.4, -0.2) is 41.3 Å². The predicted molar refractivity (Wildman–Crippen MR) is 143 cm³/mol. The van der Waals surface area contributed by atoms with Gasteiger partial charge < -0.3 is 10.1 Å². The summed E-state index contributed by atoms with van der Waals surface area (Å²) in [7, 11) is 1.60. The normalized spacial score (nSPS) is 37.3. The molecule has 6 nitrogen and oxygen atoms in total. The second-order valence-electron chi connectivity index (χ2n) is 13.7. The molecule has 0 unspecified atom stereocenters. The second kappa shape index (κ2) is 9.13. The first kappa shape index (κ1) is 26.2. The van der Waals surface area contributed by atoms with Crippen LogP contribution in [0.25, 0.3) is 0 Å². The number of benzene rings is 1. The van der Waals surface area contributed by atoms with Crippen LogP contribution < -0.4 is 10.1 Å². The van der Waals surface area contributed by atoms with E-state index in [1.54, 1.807) is 36.3 Å². The molecule has 1 N–H and O–H groups in total. The van der Waals surface area contributed by atoms with Crippen LogP contribution in [0.3, 0.4) is 0 Å². The summed E-state index contributed by atoms with van der Waals surface area (Å²) in [5.41, 5.74) is 0.276. The molecule has 3 aliphatic carbocycles. The third-order valence-electron chi connectivity index (χ3n) is 10.6. The Kier molecular flexibility index (Phi) is 6.48. The first-order chi connectivity index (χ1) is 17.4. The van der Waals surface area contributed by atoms with Crippen LogP contribution in [0.15, 0.2) is 24.3 Å². The van der Waals surface area contributed by atoms with E-state index in [2.05, 4.69) is 39.9 Å². The summed E-state index contributed by atoms with van der Waals surface area (Å²) in [5, 5.41) is 3.26. The van der Waals surface area contributed by atoms with Crippen LogP contribution in [0.1, 0.15) is 96.3 Å². The SMILES string of the molecule is COc1ccc(C(=O)N2C(=O)CC[C@]3(C)[C@H]4CC[C@]5(C)[C@@H](C(=O)NC(C)(C)C)CC[C@H]5[C@@H]4CC[C@@H]23)cc1. The van der Waals surface area contributed by atoms with Gasteiger partial charge in [-0.2, -0.15) is 0 Å². The van der Waals surface area contributed by atoms with Crippen molar-refractivity contribution in [3.8, 4) is 5.75 Å². The van der Waals surface area contributed by atoms with E-state index in [9.17, 15) is 14.4 Å². The number of carbonyl (C=O) groups is 3. The Bertz CT molecular complexity index is 1080. The smallest absolute Gasteiger partial charge is 0.260 e. The summed E-state index contributed by atoms with van der Waals surface area (Å²) in [6.07, 6.45) is 7.35. The number of fused-ring (bicyclic) bond motifs is 5. The number of methoxy groups -OCH3 is 1. The van der Waals surface area contributed by atoms with Crippen LogP contribution in [0.2, 0.25) is 0 Å². The lowest BCUT2D eigenvalue weighted by molar-refractivity contribution is -0.157. The number of likely N-dealkylation sites (tertiary alicyclic amines) is 1. The van der Waals surface area contributed by atoms with E-state index in [0.717, 1.165) is 44.9 Å². The van der Waals surface area contributed by atoms with Crippen molar-refractivity contribution < 1.29 is 19.1 Å². The van der Waals surface area contributed by atoms with Gasteiger partial charge in [-0.05, 0) is 119 Å². The maximum Gasteiger partial charge on any atom is 0.260 e. The molecule has 37 heavy (non-hydrogen) atoms. The number of carbonyl (C=O) groups excluding carboxylic acids is 3. The number of hydrogen-bond donors (Lipinski definition) is 1.